The number of ether oxygens (including phenoxy) is 1. The van der Waals surface area contributed by atoms with Gasteiger partial charge in [-0.2, -0.15) is 5.10 Å². The monoisotopic (exact) mass is 445 g/mol. The molecule has 8 nitrogen and oxygen atoms in total. The van der Waals surface area contributed by atoms with Gasteiger partial charge in [0.1, 0.15) is 5.75 Å². The van der Waals surface area contributed by atoms with Crippen LogP contribution in [-0.2, 0) is 5.41 Å². The van der Waals surface area contributed by atoms with Crippen molar-refractivity contribution in [3.05, 3.63) is 105 Å². The van der Waals surface area contributed by atoms with Gasteiger partial charge in [0.25, 0.3) is 11.6 Å². The van der Waals surface area contributed by atoms with Crippen molar-refractivity contribution in [2.45, 2.75) is 26.2 Å². The van der Waals surface area contributed by atoms with E-state index >= 15 is 0 Å². The molecule has 0 aromatic heterocycles. The van der Waals surface area contributed by atoms with Gasteiger partial charge in [-0.15, -0.1) is 0 Å². The summed E-state index contributed by atoms with van der Waals surface area (Å²) >= 11 is 0. The molecule has 0 fully saturated rings. The van der Waals surface area contributed by atoms with Gasteiger partial charge in [0.15, 0.2) is 0 Å². The summed E-state index contributed by atoms with van der Waals surface area (Å²) in [4.78, 5) is 34.7. The number of amides is 1. The average molecular weight is 445 g/mol. The number of carbonyl (C=O) groups excluding carboxylic acids is 2. The zero-order chi connectivity index (χ0) is 24.0. The Kier molecular flexibility index (Phi) is 6.97. The first kappa shape index (κ1) is 23.3. The molecule has 0 heterocycles. The molecule has 0 aliphatic rings. The van der Waals surface area contributed by atoms with Gasteiger partial charge in [-0.25, -0.2) is 10.2 Å². The molecule has 3 aromatic rings. The van der Waals surface area contributed by atoms with Crippen molar-refractivity contribution in [2.24, 2.45) is 5.10 Å². The molecule has 3 rings (SSSR count). The van der Waals surface area contributed by atoms with Crippen LogP contribution >= 0.6 is 0 Å². The Labute approximate surface area is 191 Å². The minimum absolute atomic E-state index is 0.00164. The third-order valence-corrected chi connectivity index (χ3v) is 4.78. The van der Waals surface area contributed by atoms with Gasteiger partial charge in [0.2, 0.25) is 0 Å². The van der Waals surface area contributed by atoms with Gasteiger partial charge in [-0.05, 0) is 59.0 Å². The number of non-ortho nitro benzene ring substituents is 1. The van der Waals surface area contributed by atoms with Crippen LogP contribution in [0.25, 0.3) is 0 Å². The lowest BCUT2D eigenvalue weighted by Crippen LogP contribution is -2.17. The topological polar surface area (TPSA) is 111 Å². The molecule has 0 aliphatic heterocycles. The maximum absolute atomic E-state index is 12.4. The smallest absolute Gasteiger partial charge is 0.343 e. The number of nitrogens with one attached hydrogen (secondary N) is 1. The predicted molar refractivity (Wildman–Crippen MR) is 125 cm³/mol. The largest absolute Gasteiger partial charge is 0.423 e. The third-order valence-electron chi connectivity index (χ3n) is 4.78. The van der Waals surface area contributed by atoms with Gasteiger partial charge < -0.3 is 4.74 Å². The molecule has 0 unspecified atom stereocenters. The Morgan fingerprint density at radius 2 is 1.64 bits per heavy atom. The summed E-state index contributed by atoms with van der Waals surface area (Å²) in [6, 6.07) is 19.3. The van der Waals surface area contributed by atoms with Crippen molar-refractivity contribution in [3.8, 4) is 5.75 Å². The van der Waals surface area contributed by atoms with Gasteiger partial charge in [-0.3, -0.25) is 14.9 Å². The molecule has 8 heteroatoms. The molecule has 1 N–H and O–H groups in total. The second kappa shape index (κ2) is 9.86. The maximum Gasteiger partial charge on any atom is 0.343 e. The first-order chi connectivity index (χ1) is 15.6. The first-order valence-corrected chi connectivity index (χ1v) is 10.1. The summed E-state index contributed by atoms with van der Waals surface area (Å²) in [7, 11) is 0. The van der Waals surface area contributed by atoms with Crippen molar-refractivity contribution in [2.75, 3.05) is 0 Å². The third kappa shape index (κ3) is 6.33. The molecule has 0 atom stereocenters. The number of nitrogens with zero attached hydrogens (tertiary/aromatic N) is 2. The highest BCUT2D eigenvalue weighted by molar-refractivity contribution is 5.95. The lowest BCUT2D eigenvalue weighted by molar-refractivity contribution is -0.384. The number of esters is 1. The van der Waals surface area contributed by atoms with Crippen molar-refractivity contribution in [1.82, 2.24) is 5.43 Å². The molecule has 33 heavy (non-hydrogen) atoms. The fourth-order valence-electron chi connectivity index (χ4n) is 2.88. The van der Waals surface area contributed by atoms with E-state index in [0.29, 0.717) is 16.9 Å². The number of hydrogen-bond acceptors (Lipinski definition) is 6. The van der Waals surface area contributed by atoms with Crippen LogP contribution in [-0.4, -0.2) is 23.0 Å². The minimum Gasteiger partial charge on any atom is -0.423 e. The van der Waals surface area contributed by atoms with E-state index in [-0.39, 0.29) is 16.7 Å². The van der Waals surface area contributed by atoms with E-state index in [0.717, 1.165) is 5.56 Å². The second-order valence-electron chi connectivity index (χ2n) is 8.29. The number of benzene rings is 3. The van der Waals surface area contributed by atoms with Crippen LogP contribution in [0.5, 0.6) is 5.75 Å². The van der Waals surface area contributed by atoms with E-state index < -0.39 is 16.8 Å². The SMILES string of the molecule is CC(C)(C)c1ccc(C(=O)Oc2ccc(C=NNC(=O)c3cccc([N+](=O)[O-])c3)cc2)cc1. The van der Waals surface area contributed by atoms with Gasteiger partial charge in [0.05, 0.1) is 16.7 Å². The fraction of sp³-hybridized carbons (Fsp3) is 0.160. The minimum atomic E-state index is -0.574. The van der Waals surface area contributed by atoms with Crippen LogP contribution in [0.1, 0.15) is 52.6 Å². The Balaban J connectivity index is 1.57. The molecule has 168 valence electrons. The number of hydrazone groups is 1. The maximum atomic E-state index is 12.4. The Bertz CT molecular complexity index is 1190. The number of hydrogen-bond donors (Lipinski definition) is 1. The summed E-state index contributed by atoms with van der Waals surface area (Å²) in [5.41, 5.74) is 4.50. The molecule has 0 radical (unpaired) electrons. The van der Waals surface area contributed by atoms with Crippen LogP contribution < -0.4 is 10.2 Å². The van der Waals surface area contributed by atoms with Crippen LogP contribution in [0.3, 0.4) is 0 Å². The van der Waals surface area contributed by atoms with Crippen LogP contribution in [0.4, 0.5) is 5.69 Å². The Morgan fingerprint density at radius 3 is 2.24 bits per heavy atom. The molecule has 1 amide bonds. The molecule has 0 bridgehead atoms. The summed E-state index contributed by atoms with van der Waals surface area (Å²) in [6.07, 6.45) is 1.41. The molecule has 0 saturated carbocycles. The molecular formula is C25H23N3O5. The van der Waals surface area contributed by atoms with E-state index in [9.17, 15) is 19.7 Å². The highest BCUT2D eigenvalue weighted by atomic mass is 16.6. The van der Waals surface area contributed by atoms with E-state index in [2.05, 4.69) is 31.3 Å². The zero-order valence-corrected chi connectivity index (χ0v) is 18.4. The molecule has 0 spiro atoms. The number of nitro groups is 1. The van der Waals surface area contributed by atoms with Gasteiger partial charge in [0, 0.05) is 17.7 Å². The van der Waals surface area contributed by atoms with E-state index in [1.165, 1.54) is 30.5 Å². The normalized spacial score (nSPS) is 11.2. The number of rotatable bonds is 6. The molecule has 0 saturated heterocycles. The predicted octanol–water partition coefficient (Wildman–Crippen LogP) is 4.88. The second-order valence-corrected chi connectivity index (χ2v) is 8.29. The zero-order valence-electron chi connectivity index (χ0n) is 18.4. The standard InChI is InChI=1S/C25H23N3O5/c1-25(2,3)20-11-9-18(10-12-20)24(30)33-22-13-7-17(8-14-22)16-26-27-23(29)19-5-4-6-21(15-19)28(31)32/h4-16H,1-3H3,(H,27,29). The van der Waals surface area contributed by atoms with E-state index in [1.807, 2.05) is 12.1 Å². The highest BCUT2D eigenvalue weighted by Crippen LogP contribution is 2.23. The van der Waals surface area contributed by atoms with E-state index in [1.54, 1.807) is 36.4 Å². The average Bonchev–Trinajstić information content (AvgIpc) is 2.79. The van der Waals surface area contributed by atoms with Gasteiger partial charge >= 0.3 is 5.97 Å². The first-order valence-electron chi connectivity index (χ1n) is 10.1. The molecule has 0 aliphatic carbocycles. The lowest BCUT2D eigenvalue weighted by atomic mass is 9.87. The quantitative estimate of drug-likeness (QED) is 0.191. The van der Waals surface area contributed by atoms with Gasteiger partial charge in [-0.1, -0.05) is 39.0 Å². The fourth-order valence-corrected chi connectivity index (χ4v) is 2.88. The van der Waals surface area contributed by atoms with Crippen LogP contribution in [0, 0.1) is 10.1 Å². The number of nitro benzene ring substituents is 1. The van der Waals surface area contributed by atoms with Crippen LogP contribution in [0.2, 0.25) is 0 Å². The summed E-state index contributed by atoms with van der Waals surface area (Å²) in [5.74, 6) is -0.656. The van der Waals surface area contributed by atoms with E-state index in [4.69, 9.17) is 4.74 Å². The Hall–Kier alpha value is -4.33. The van der Waals surface area contributed by atoms with Crippen molar-refractivity contribution in [3.63, 3.8) is 0 Å². The lowest BCUT2D eigenvalue weighted by Gasteiger charge is -2.18. The summed E-state index contributed by atoms with van der Waals surface area (Å²) < 4.78 is 5.40. The van der Waals surface area contributed by atoms with Crippen molar-refractivity contribution >= 4 is 23.8 Å². The summed E-state index contributed by atoms with van der Waals surface area (Å²) in [5, 5.41) is 14.7. The molecular weight excluding hydrogens is 422 g/mol. The Morgan fingerprint density at radius 1 is 0.970 bits per heavy atom. The molecule has 3 aromatic carbocycles. The summed E-state index contributed by atoms with van der Waals surface area (Å²) in [6.45, 7) is 6.30. The number of carbonyl (C=O) groups is 2. The van der Waals surface area contributed by atoms with Crippen molar-refractivity contribution < 1.29 is 19.2 Å². The van der Waals surface area contributed by atoms with Crippen LogP contribution in [0.15, 0.2) is 77.9 Å². The highest BCUT2D eigenvalue weighted by Gasteiger charge is 2.15. The van der Waals surface area contributed by atoms with Crippen molar-refractivity contribution in [1.29, 1.82) is 0 Å².